The Morgan fingerprint density at radius 2 is 1.83 bits per heavy atom. The lowest BCUT2D eigenvalue weighted by Gasteiger charge is -2.36. The van der Waals surface area contributed by atoms with Gasteiger partial charge in [0.1, 0.15) is 22.7 Å². The monoisotopic (exact) mass is 501 g/mol. The summed E-state index contributed by atoms with van der Waals surface area (Å²) in [5.41, 5.74) is 1.59. The van der Waals surface area contributed by atoms with E-state index in [0.29, 0.717) is 47.8 Å². The van der Waals surface area contributed by atoms with Crippen LogP contribution in [0.1, 0.15) is 23.0 Å². The predicted octanol–water partition coefficient (Wildman–Crippen LogP) is 3.00. The summed E-state index contributed by atoms with van der Waals surface area (Å²) in [6.07, 6.45) is 1.29. The first-order valence-electron chi connectivity index (χ1n) is 11.2. The van der Waals surface area contributed by atoms with Crippen LogP contribution in [0, 0.1) is 5.82 Å². The minimum atomic E-state index is -0.893. The van der Waals surface area contributed by atoms with Gasteiger partial charge in [0.2, 0.25) is 5.91 Å². The Morgan fingerprint density at radius 1 is 1.14 bits per heavy atom. The van der Waals surface area contributed by atoms with E-state index < -0.39 is 18.0 Å². The number of fused-ring (bicyclic) bond motifs is 1. The van der Waals surface area contributed by atoms with E-state index in [4.69, 9.17) is 16.3 Å². The Labute approximate surface area is 206 Å². The number of nitrogens with one attached hydrogen (secondary N) is 2. The smallest absolute Gasteiger partial charge is 0.409 e. The second-order valence-corrected chi connectivity index (χ2v) is 8.53. The molecule has 0 unspecified atom stereocenters. The summed E-state index contributed by atoms with van der Waals surface area (Å²) in [6.45, 7) is 3.29. The third kappa shape index (κ3) is 5.89. The topological polar surface area (TPSA) is 108 Å². The van der Waals surface area contributed by atoms with Gasteiger partial charge in [0, 0.05) is 38.0 Å². The zero-order valence-corrected chi connectivity index (χ0v) is 19.8. The number of carbonyl (C=O) groups is 3. The molecule has 1 fully saturated rings. The molecule has 1 aliphatic heterocycles. The summed E-state index contributed by atoms with van der Waals surface area (Å²) in [5.74, 6) is -1.14. The van der Waals surface area contributed by atoms with Crippen LogP contribution in [-0.2, 0) is 16.0 Å². The second kappa shape index (κ2) is 10.7. The molecule has 1 aliphatic rings. The van der Waals surface area contributed by atoms with Crippen molar-refractivity contribution in [1.29, 1.82) is 0 Å². The number of aromatic amines is 1. The summed E-state index contributed by atoms with van der Waals surface area (Å²) in [4.78, 5) is 48.6. The molecular weight excluding hydrogens is 477 g/mol. The average Bonchev–Trinajstić information content (AvgIpc) is 3.28. The molecular formula is C24H25ClFN5O4. The molecule has 0 bridgehead atoms. The van der Waals surface area contributed by atoms with Gasteiger partial charge in [-0.15, -0.1) is 0 Å². The lowest BCUT2D eigenvalue weighted by Crippen LogP contribution is -2.56. The van der Waals surface area contributed by atoms with Gasteiger partial charge in [-0.3, -0.25) is 9.59 Å². The van der Waals surface area contributed by atoms with E-state index in [-0.39, 0.29) is 30.4 Å². The molecule has 3 aromatic rings. The van der Waals surface area contributed by atoms with Crippen LogP contribution >= 0.6 is 11.6 Å². The fourth-order valence-corrected chi connectivity index (χ4v) is 4.13. The number of piperazine rings is 1. The molecule has 11 heteroatoms. The molecule has 3 amide bonds. The number of H-pyrrole nitrogens is 1. The molecule has 2 aromatic heterocycles. The van der Waals surface area contributed by atoms with Crippen LogP contribution in [0.25, 0.3) is 10.9 Å². The molecule has 3 heterocycles. The van der Waals surface area contributed by atoms with Crippen molar-refractivity contribution in [3.05, 3.63) is 64.8 Å². The standard InChI is InChI=1S/C24H25ClFN5O4/c1-2-35-24(34)31-9-7-30(8-10-31)23(33)19(11-15-3-5-17(26)6-4-15)29-22(32)18-12-16-13-21(25)27-14-20(16)28-18/h3-6,12-14,19,28H,2,7-11H2,1H3,(H,29,32)/t19-/m0/s1. The molecule has 35 heavy (non-hydrogen) atoms. The predicted molar refractivity (Wildman–Crippen MR) is 128 cm³/mol. The molecule has 0 spiro atoms. The summed E-state index contributed by atoms with van der Waals surface area (Å²) in [6, 6.07) is 8.16. The number of hydrogen-bond donors (Lipinski definition) is 2. The molecule has 0 radical (unpaired) electrons. The molecule has 1 saturated heterocycles. The zero-order valence-electron chi connectivity index (χ0n) is 19.1. The minimum Gasteiger partial charge on any atom is -0.450 e. The summed E-state index contributed by atoms with van der Waals surface area (Å²) < 4.78 is 18.4. The molecule has 2 N–H and O–H groups in total. The Bertz CT molecular complexity index is 1220. The largest absolute Gasteiger partial charge is 0.450 e. The van der Waals surface area contributed by atoms with E-state index >= 15 is 0 Å². The molecule has 9 nitrogen and oxygen atoms in total. The van der Waals surface area contributed by atoms with Gasteiger partial charge in [-0.25, -0.2) is 14.2 Å². The van der Waals surface area contributed by atoms with Crippen LogP contribution in [0.3, 0.4) is 0 Å². The Kier molecular flexibility index (Phi) is 7.50. The van der Waals surface area contributed by atoms with Crippen LogP contribution in [-0.4, -0.2) is 76.5 Å². The quantitative estimate of drug-likeness (QED) is 0.505. The van der Waals surface area contributed by atoms with E-state index in [1.54, 1.807) is 41.0 Å². The number of nitrogens with zero attached hydrogens (tertiary/aromatic N) is 3. The molecule has 0 saturated carbocycles. The number of amides is 3. The van der Waals surface area contributed by atoms with Crippen molar-refractivity contribution in [2.75, 3.05) is 32.8 Å². The van der Waals surface area contributed by atoms with Gasteiger partial charge in [-0.2, -0.15) is 0 Å². The number of aromatic nitrogens is 2. The Morgan fingerprint density at radius 3 is 2.51 bits per heavy atom. The first kappa shape index (κ1) is 24.5. The maximum Gasteiger partial charge on any atom is 0.409 e. The van der Waals surface area contributed by atoms with E-state index in [1.165, 1.54) is 18.3 Å². The summed E-state index contributed by atoms with van der Waals surface area (Å²) >= 11 is 5.93. The highest BCUT2D eigenvalue weighted by atomic mass is 35.5. The van der Waals surface area contributed by atoms with E-state index in [2.05, 4.69) is 15.3 Å². The van der Waals surface area contributed by atoms with Crippen LogP contribution in [0.2, 0.25) is 5.15 Å². The van der Waals surface area contributed by atoms with Crippen LogP contribution in [0.4, 0.5) is 9.18 Å². The van der Waals surface area contributed by atoms with Gasteiger partial charge in [-0.05, 0) is 36.8 Å². The molecule has 1 aromatic carbocycles. The lowest BCUT2D eigenvalue weighted by atomic mass is 10.0. The number of carbonyl (C=O) groups excluding carboxylic acids is 3. The van der Waals surface area contributed by atoms with Crippen molar-refractivity contribution in [1.82, 2.24) is 25.1 Å². The fourth-order valence-electron chi connectivity index (χ4n) is 3.96. The zero-order chi connectivity index (χ0) is 24.9. The third-order valence-electron chi connectivity index (χ3n) is 5.79. The van der Waals surface area contributed by atoms with Crippen molar-refractivity contribution in [2.24, 2.45) is 0 Å². The number of halogens is 2. The maximum absolute atomic E-state index is 13.4. The maximum atomic E-state index is 13.4. The van der Waals surface area contributed by atoms with Crippen molar-refractivity contribution in [3.63, 3.8) is 0 Å². The first-order chi connectivity index (χ1) is 16.8. The first-order valence-corrected chi connectivity index (χ1v) is 11.6. The number of rotatable bonds is 6. The molecule has 1 atom stereocenters. The number of pyridine rings is 1. The van der Waals surface area contributed by atoms with Gasteiger partial charge in [0.05, 0.1) is 18.3 Å². The third-order valence-corrected chi connectivity index (χ3v) is 6.00. The van der Waals surface area contributed by atoms with E-state index in [1.807, 2.05) is 0 Å². The average molecular weight is 502 g/mol. The lowest BCUT2D eigenvalue weighted by molar-refractivity contribution is -0.134. The molecule has 0 aliphatic carbocycles. The highest BCUT2D eigenvalue weighted by Crippen LogP contribution is 2.18. The highest BCUT2D eigenvalue weighted by molar-refractivity contribution is 6.30. The highest BCUT2D eigenvalue weighted by Gasteiger charge is 2.31. The molecule has 184 valence electrons. The van der Waals surface area contributed by atoms with Crippen LogP contribution in [0.15, 0.2) is 42.6 Å². The van der Waals surface area contributed by atoms with Gasteiger partial charge >= 0.3 is 6.09 Å². The SMILES string of the molecule is CCOC(=O)N1CCN(C(=O)[C@H](Cc2ccc(F)cc2)NC(=O)c2cc3cc(Cl)ncc3[nH]2)CC1. The Hall–Kier alpha value is -3.66. The number of ether oxygens (including phenoxy) is 1. The van der Waals surface area contributed by atoms with Gasteiger partial charge in [0.15, 0.2) is 0 Å². The van der Waals surface area contributed by atoms with Crippen LogP contribution in [0.5, 0.6) is 0 Å². The summed E-state index contributed by atoms with van der Waals surface area (Å²) in [7, 11) is 0. The van der Waals surface area contributed by atoms with Crippen molar-refractivity contribution >= 4 is 40.4 Å². The normalized spacial score (nSPS) is 14.6. The Balaban J connectivity index is 1.50. The van der Waals surface area contributed by atoms with Crippen molar-refractivity contribution in [3.8, 4) is 0 Å². The van der Waals surface area contributed by atoms with Crippen molar-refractivity contribution < 1.29 is 23.5 Å². The minimum absolute atomic E-state index is 0.177. The van der Waals surface area contributed by atoms with Gasteiger partial charge in [0.25, 0.3) is 5.91 Å². The van der Waals surface area contributed by atoms with E-state index in [0.717, 1.165) is 0 Å². The van der Waals surface area contributed by atoms with E-state index in [9.17, 15) is 18.8 Å². The van der Waals surface area contributed by atoms with Crippen molar-refractivity contribution in [2.45, 2.75) is 19.4 Å². The molecule has 4 rings (SSSR count). The second-order valence-electron chi connectivity index (χ2n) is 8.15. The number of hydrogen-bond acceptors (Lipinski definition) is 5. The van der Waals surface area contributed by atoms with Crippen LogP contribution < -0.4 is 5.32 Å². The van der Waals surface area contributed by atoms with Gasteiger partial charge < -0.3 is 24.8 Å². The fraction of sp³-hybridized carbons (Fsp3) is 0.333. The summed E-state index contributed by atoms with van der Waals surface area (Å²) in [5, 5.41) is 3.82. The number of benzene rings is 1. The van der Waals surface area contributed by atoms with Gasteiger partial charge in [-0.1, -0.05) is 23.7 Å².